The fourth-order valence-electron chi connectivity index (χ4n) is 3.59. The minimum absolute atomic E-state index is 0.243. The van der Waals surface area contributed by atoms with Gasteiger partial charge in [-0.25, -0.2) is 9.67 Å². The lowest BCUT2D eigenvalue weighted by molar-refractivity contribution is -0.154. The van der Waals surface area contributed by atoms with E-state index in [1.54, 1.807) is 17.8 Å². The molecule has 0 aliphatic carbocycles. The summed E-state index contributed by atoms with van der Waals surface area (Å²) in [4.78, 5) is 31.6. The monoisotopic (exact) mass is 456 g/mol. The summed E-state index contributed by atoms with van der Waals surface area (Å²) in [5.41, 5.74) is 8.22. The number of amides is 2. The van der Waals surface area contributed by atoms with Crippen LogP contribution >= 0.6 is 11.3 Å². The third kappa shape index (κ3) is 4.49. The van der Waals surface area contributed by atoms with Crippen LogP contribution in [-0.4, -0.2) is 60.4 Å². The second-order valence-corrected chi connectivity index (χ2v) is 8.71. The lowest BCUT2D eigenvalue weighted by Crippen LogP contribution is -2.51. The van der Waals surface area contributed by atoms with Crippen molar-refractivity contribution in [3.05, 3.63) is 58.9 Å². The van der Waals surface area contributed by atoms with E-state index < -0.39 is 30.1 Å². The predicted octanol–water partition coefficient (Wildman–Crippen LogP) is 0.395. The summed E-state index contributed by atoms with van der Waals surface area (Å²) in [6.07, 6.45) is 0.259. The van der Waals surface area contributed by atoms with Crippen LogP contribution in [0.1, 0.15) is 29.1 Å². The van der Waals surface area contributed by atoms with Crippen LogP contribution in [-0.2, 0) is 22.6 Å². The molecule has 32 heavy (non-hydrogen) atoms. The van der Waals surface area contributed by atoms with Gasteiger partial charge in [0.05, 0.1) is 24.0 Å². The van der Waals surface area contributed by atoms with Gasteiger partial charge in [-0.3, -0.25) is 9.59 Å². The Morgan fingerprint density at radius 2 is 1.97 bits per heavy atom. The molecule has 4 rings (SSSR count). The lowest BCUT2D eigenvalue weighted by Gasteiger charge is -2.29. The number of nitrogens with zero attached hydrogens (tertiary/aromatic N) is 4. The van der Waals surface area contributed by atoms with Gasteiger partial charge in [0.25, 0.3) is 11.8 Å². The first-order chi connectivity index (χ1) is 15.3. The maximum absolute atomic E-state index is 12.6. The van der Waals surface area contributed by atoms with Crippen molar-refractivity contribution in [3.8, 4) is 5.69 Å². The van der Waals surface area contributed by atoms with E-state index in [9.17, 15) is 19.8 Å². The number of carbonyl (C=O) groups excluding carboxylic acids is 2. The van der Waals surface area contributed by atoms with Gasteiger partial charge in [0.2, 0.25) is 0 Å². The number of hydrogen-bond acceptors (Lipinski definition) is 8. The van der Waals surface area contributed by atoms with Crippen molar-refractivity contribution in [2.75, 3.05) is 12.3 Å². The van der Waals surface area contributed by atoms with E-state index in [-0.39, 0.29) is 6.54 Å². The number of aliphatic hydroxyl groups is 2. The molecule has 11 heteroatoms. The number of fused-ring (bicyclic) bond motifs is 1. The Balaban J connectivity index is 1.35. The molecule has 1 aliphatic heterocycles. The summed E-state index contributed by atoms with van der Waals surface area (Å²) in [6.45, 7) is 2.33. The van der Waals surface area contributed by atoms with E-state index in [2.05, 4.69) is 15.4 Å². The largest absolute Gasteiger partial charge is 0.380 e. The molecular weight excluding hydrogens is 432 g/mol. The van der Waals surface area contributed by atoms with Gasteiger partial charge in [-0.1, -0.05) is 12.1 Å². The highest BCUT2D eigenvalue weighted by molar-refractivity contribution is 7.15. The number of carbonyl (C=O) groups is 2. The molecule has 0 spiro atoms. The van der Waals surface area contributed by atoms with Gasteiger partial charge in [-0.2, -0.15) is 5.10 Å². The number of nitrogens with two attached hydrogens (primary N) is 1. The zero-order valence-electron chi connectivity index (χ0n) is 17.4. The third-order valence-electron chi connectivity index (χ3n) is 5.40. The first kappa shape index (κ1) is 21.9. The molecule has 0 saturated heterocycles. The topological polar surface area (TPSA) is 147 Å². The number of aliphatic hydroxyl groups excluding tert-OH is 2. The van der Waals surface area contributed by atoms with Crippen LogP contribution in [0, 0.1) is 0 Å². The highest BCUT2D eigenvalue weighted by Gasteiger charge is 2.35. The molecule has 1 aliphatic rings. The van der Waals surface area contributed by atoms with Gasteiger partial charge in [0.15, 0.2) is 17.3 Å². The molecular formula is C21H24N6O4S. The Labute approximate surface area is 188 Å². The number of aromatic nitrogens is 3. The summed E-state index contributed by atoms with van der Waals surface area (Å²) >= 11 is 1.29. The van der Waals surface area contributed by atoms with E-state index in [1.807, 2.05) is 36.5 Å². The molecule has 5 N–H and O–H groups in total. The normalized spacial score (nSPS) is 16.2. The van der Waals surface area contributed by atoms with Gasteiger partial charge in [-0.15, -0.1) is 11.3 Å². The van der Waals surface area contributed by atoms with Crippen molar-refractivity contribution in [2.45, 2.75) is 38.1 Å². The molecule has 0 saturated carbocycles. The minimum Gasteiger partial charge on any atom is -0.380 e. The zero-order valence-corrected chi connectivity index (χ0v) is 18.2. The molecule has 3 atom stereocenters. The van der Waals surface area contributed by atoms with Crippen LogP contribution in [0.25, 0.3) is 5.69 Å². The quantitative estimate of drug-likeness (QED) is 0.420. The van der Waals surface area contributed by atoms with Crippen LogP contribution in [0.5, 0.6) is 0 Å². The van der Waals surface area contributed by atoms with Crippen LogP contribution < -0.4 is 11.1 Å². The van der Waals surface area contributed by atoms with Gasteiger partial charge >= 0.3 is 0 Å². The van der Waals surface area contributed by atoms with Crippen molar-refractivity contribution in [2.24, 2.45) is 0 Å². The standard InChI is InChI=1S/C21H24N6O4S/c1-12(13-3-5-14(6-4-13)27-9-2-8-23-27)24-19(30)17(28)18(29)20(31)26-10-7-15-16(11-26)32-21(22)25-15/h2-6,8-9,12,17-18,28-29H,7,10-11H2,1H3,(H2,22,25)(H,24,30)/t12-,17-,18-/m1/s1. The van der Waals surface area contributed by atoms with Crippen LogP contribution in [0.15, 0.2) is 42.7 Å². The van der Waals surface area contributed by atoms with Crippen LogP contribution in [0.4, 0.5) is 5.13 Å². The van der Waals surface area contributed by atoms with E-state index in [0.29, 0.717) is 18.1 Å². The highest BCUT2D eigenvalue weighted by Crippen LogP contribution is 2.27. The number of hydrogen-bond donors (Lipinski definition) is 4. The van der Waals surface area contributed by atoms with E-state index in [0.717, 1.165) is 21.8 Å². The lowest BCUT2D eigenvalue weighted by atomic mass is 10.1. The summed E-state index contributed by atoms with van der Waals surface area (Å²) in [5, 5.41) is 27.9. The van der Waals surface area contributed by atoms with E-state index in [4.69, 9.17) is 5.73 Å². The van der Waals surface area contributed by atoms with Gasteiger partial charge in [0, 0.05) is 30.2 Å². The van der Waals surface area contributed by atoms with E-state index in [1.165, 1.54) is 16.2 Å². The summed E-state index contributed by atoms with van der Waals surface area (Å²) in [6, 6.07) is 8.76. The molecule has 0 fully saturated rings. The number of thiazole rings is 1. The van der Waals surface area contributed by atoms with Gasteiger partial charge in [0.1, 0.15) is 0 Å². The predicted molar refractivity (Wildman–Crippen MR) is 118 cm³/mol. The third-order valence-corrected chi connectivity index (χ3v) is 6.31. The van der Waals surface area contributed by atoms with Crippen molar-refractivity contribution < 1.29 is 19.8 Å². The van der Waals surface area contributed by atoms with Gasteiger partial charge < -0.3 is 26.2 Å². The molecule has 2 amide bonds. The Hall–Kier alpha value is -3.28. The number of nitrogen functional groups attached to an aromatic ring is 1. The highest BCUT2D eigenvalue weighted by atomic mass is 32.1. The van der Waals surface area contributed by atoms with Gasteiger partial charge in [-0.05, 0) is 30.7 Å². The van der Waals surface area contributed by atoms with Crippen molar-refractivity contribution in [1.82, 2.24) is 25.0 Å². The second-order valence-electron chi connectivity index (χ2n) is 7.59. The average molecular weight is 457 g/mol. The number of benzene rings is 1. The first-order valence-corrected chi connectivity index (χ1v) is 10.9. The first-order valence-electron chi connectivity index (χ1n) is 10.1. The van der Waals surface area contributed by atoms with Crippen LogP contribution in [0.2, 0.25) is 0 Å². The average Bonchev–Trinajstić information content (AvgIpc) is 3.46. The fourth-order valence-corrected chi connectivity index (χ4v) is 4.48. The summed E-state index contributed by atoms with van der Waals surface area (Å²) in [5.74, 6) is -1.53. The molecule has 0 unspecified atom stereocenters. The Kier molecular flexibility index (Phi) is 6.21. The van der Waals surface area contributed by atoms with Crippen molar-refractivity contribution >= 4 is 28.3 Å². The minimum atomic E-state index is -1.89. The number of rotatable bonds is 6. The Morgan fingerprint density at radius 1 is 1.22 bits per heavy atom. The van der Waals surface area contributed by atoms with E-state index >= 15 is 0 Å². The zero-order chi connectivity index (χ0) is 22.8. The van der Waals surface area contributed by atoms with Crippen LogP contribution in [0.3, 0.4) is 0 Å². The molecule has 3 heterocycles. The Morgan fingerprint density at radius 3 is 2.66 bits per heavy atom. The molecule has 3 aromatic rings. The Bertz CT molecular complexity index is 1100. The van der Waals surface area contributed by atoms with Crippen molar-refractivity contribution in [3.63, 3.8) is 0 Å². The fraction of sp³-hybridized carbons (Fsp3) is 0.333. The maximum Gasteiger partial charge on any atom is 0.255 e. The smallest absolute Gasteiger partial charge is 0.255 e. The SMILES string of the molecule is C[C@@H](NC(=O)[C@H](O)[C@@H](O)C(=O)N1CCc2nc(N)sc2C1)c1ccc(-n2cccn2)cc1. The van der Waals surface area contributed by atoms with Crippen molar-refractivity contribution in [1.29, 1.82) is 0 Å². The molecule has 168 valence electrons. The molecule has 0 radical (unpaired) electrons. The summed E-state index contributed by atoms with van der Waals surface area (Å²) < 4.78 is 1.71. The second kappa shape index (κ2) is 9.07. The maximum atomic E-state index is 12.6. The number of nitrogens with one attached hydrogen (secondary N) is 1. The molecule has 2 aromatic heterocycles. The molecule has 10 nitrogen and oxygen atoms in total. The molecule has 0 bridgehead atoms. The molecule has 1 aromatic carbocycles. The number of anilines is 1. The summed E-state index contributed by atoms with van der Waals surface area (Å²) in [7, 11) is 0.